The van der Waals surface area contributed by atoms with Crippen LogP contribution in [0.2, 0.25) is 10.0 Å². The van der Waals surface area contributed by atoms with Gasteiger partial charge >= 0.3 is 0 Å². The summed E-state index contributed by atoms with van der Waals surface area (Å²) in [6.45, 7) is 0.605. The largest absolute Gasteiger partial charge is 0.325 e. The number of sulfonamides is 1. The lowest BCUT2D eigenvalue weighted by Gasteiger charge is -2.17. The Bertz CT molecular complexity index is 916. The Balaban J connectivity index is 1.96. The normalized spacial score (nSPS) is 11.8. The summed E-state index contributed by atoms with van der Waals surface area (Å²) in [5, 5.41) is 3.69. The van der Waals surface area contributed by atoms with Crippen molar-refractivity contribution < 1.29 is 13.2 Å². The minimum absolute atomic E-state index is 0.139. The summed E-state index contributed by atoms with van der Waals surface area (Å²) in [7, 11) is 1.23. The molecule has 2 aromatic rings. The van der Waals surface area contributed by atoms with Crippen LogP contribution in [0.25, 0.3) is 0 Å². The van der Waals surface area contributed by atoms with Crippen LogP contribution < -0.4 is 5.32 Å². The summed E-state index contributed by atoms with van der Waals surface area (Å²) in [6, 6.07) is 11.4. The molecule has 0 aliphatic rings. The number of hydrogen-bond donors (Lipinski definition) is 1. The summed E-state index contributed by atoms with van der Waals surface area (Å²) >= 11 is 12.2. The number of carbonyl (C=O) groups is 1. The summed E-state index contributed by atoms with van der Waals surface area (Å²) in [5.74, 6) is -0.223. The van der Waals surface area contributed by atoms with Gasteiger partial charge in [-0.25, -0.2) is 12.7 Å². The lowest BCUT2D eigenvalue weighted by Crippen LogP contribution is -2.30. The van der Waals surface area contributed by atoms with Crippen molar-refractivity contribution in [1.29, 1.82) is 0 Å². The van der Waals surface area contributed by atoms with Crippen molar-refractivity contribution in [3.8, 4) is 0 Å². The highest BCUT2D eigenvalue weighted by molar-refractivity contribution is 7.89. The average Bonchev–Trinajstić information content (AvgIpc) is 2.59. The van der Waals surface area contributed by atoms with Gasteiger partial charge in [-0.2, -0.15) is 0 Å². The Hall–Kier alpha value is -1.64. The Morgan fingerprint density at radius 2 is 1.67 bits per heavy atom. The number of rotatable bonds is 7. The molecular formula is C18H21Cl2N3O3S. The van der Waals surface area contributed by atoms with Crippen molar-refractivity contribution >= 4 is 44.8 Å². The van der Waals surface area contributed by atoms with Crippen LogP contribution in [0, 0.1) is 0 Å². The number of amides is 1. The smallest absolute Gasteiger partial charge is 0.242 e. The van der Waals surface area contributed by atoms with Gasteiger partial charge in [-0.3, -0.25) is 9.69 Å². The molecule has 0 aliphatic carbocycles. The lowest BCUT2D eigenvalue weighted by molar-refractivity contribution is -0.117. The Morgan fingerprint density at radius 3 is 2.26 bits per heavy atom. The van der Waals surface area contributed by atoms with Crippen molar-refractivity contribution in [2.75, 3.05) is 33.0 Å². The summed E-state index contributed by atoms with van der Waals surface area (Å²) in [6.07, 6.45) is 0. The molecule has 0 radical (unpaired) electrons. The van der Waals surface area contributed by atoms with Gasteiger partial charge in [0.2, 0.25) is 15.9 Å². The number of anilines is 1. The van der Waals surface area contributed by atoms with Gasteiger partial charge in [0.05, 0.1) is 21.5 Å². The van der Waals surface area contributed by atoms with E-state index in [0.717, 1.165) is 9.87 Å². The monoisotopic (exact) mass is 429 g/mol. The molecule has 6 nitrogen and oxygen atoms in total. The minimum atomic E-state index is -3.49. The van der Waals surface area contributed by atoms with Crippen molar-refractivity contribution in [2.45, 2.75) is 11.4 Å². The molecule has 0 atom stereocenters. The number of hydrogen-bond acceptors (Lipinski definition) is 4. The fourth-order valence-corrected chi connectivity index (χ4v) is 3.67. The fourth-order valence-electron chi connectivity index (χ4n) is 2.38. The van der Waals surface area contributed by atoms with E-state index >= 15 is 0 Å². The highest BCUT2D eigenvalue weighted by Gasteiger charge is 2.17. The predicted octanol–water partition coefficient (Wildman–Crippen LogP) is 3.31. The topological polar surface area (TPSA) is 69.7 Å². The van der Waals surface area contributed by atoms with Crippen molar-refractivity contribution in [2.24, 2.45) is 0 Å². The molecule has 9 heteroatoms. The Kier molecular flexibility index (Phi) is 7.25. The first-order valence-electron chi connectivity index (χ1n) is 8.05. The third-order valence-corrected chi connectivity index (χ3v) is 6.49. The highest BCUT2D eigenvalue weighted by atomic mass is 35.5. The molecule has 27 heavy (non-hydrogen) atoms. The maximum atomic E-state index is 12.2. The zero-order valence-corrected chi connectivity index (χ0v) is 17.6. The number of nitrogens with one attached hydrogen (secondary N) is 1. The van der Waals surface area contributed by atoms with Gasteiger partial charge in [0.1, 0.15) is 0 Å². The molecule has 0 aliphatic heterocycles. The summed E-state index contributed by atoms with van der Waals surface area (Å²) in [5.41, 5.74) is 1.35. The summed E-state index contributed by atoms with van der Waals surface area (Å²) < 4.78 is 25.2. The molecule has 0 saturated heterocycles. The second-order valence-corrected chi connectivity index (χ2v) is 9.18. The van der Waals surface area contributed by atoms with Crippen LogP contribution in [0.3, 0.4) is 0 Å². The first kappa shape index (κ1) is 21.7. The van der Waals surface area contributed by atoms with Gasteiger partial charge in [0.25, 0.3) is 0 Å². The van der Waals surface area contributed by atoms with Gasteiger partial charge in [-0.05, 0) is 42.9 Å². The molecule has 2 rings (SSSR count). The predicted molar refractivity (Wildman–Crippen MR) is 109 cm³/mol. The van der Waals surface area contributed by atoms with Gasteiger partial charge in [0.15, 0.2) is 0 Å². The minimum Gasteiger partial charge on any atom is -0.325 e. The van der Waals surface area contributed by atoms with Gasteiger partial charge in [-0.15, -0.1) is 0 Å². The first-order valence-corrected chi connectivity index (χ1v) is 10.2. The molecule has 1 N–H and O–H groups in total. The van der Waals surface area contributed by atoms with E-state index in [1.807, 2.05) is 6.07 Å². The zero-order chi connectivity index (χ0) is 20.2. The van der Waals surface area contributed by atoms with Crippen LogP contribution in [-0.2, 0) is 21.4 Å². The first-order chi connectivity index (χ1) is 12.6. The molecule has 1 amide bonds. The third-order valence-electron chi connectivity index (χ3n) is 3.80. The van der Waals surface area contributed by atoms with Crippen molar-refractivity contribution in [1.82, 2.24) is 9.21 Å². The molecule has 0 aromatic heterocycles. The Morgan fingerprint density at radius 1 is 1.04 bits per heavy atom. The van der Waals surface area contributed by atoms with E-state index in [-0.39, 0.29) is 17.3 Å². The average molecular weight is 430 g/mol. The maximum Gasteiger partial charge on any atom is 0.242 e. The number of likely N-dealkylation sites (N-methyl/N-ethyl adjacent to an activating group) is 1. The number of nitrogens with zero attached hydrogens (tertiary/aromatic N) is 2. The summed E-state index contributed by atoms with van der Waals surface area (Å²) in [4.78, 5) is 14.2. The van der Waals surface area contributed by atoms with Gasteiger partial charge in [0, 0.05) is 26.3 Å². The van der Waals surface area contributed by atoms with Gasteiger partial charge in [-0.1, -0.05) is 35.3 Å². The number of benzene rings is 2. The second kappa shape index (κ2) is 9.03. The molecule has 2 aromatic carbocycles. The maximum absolute atomic E-state index is 12.2. The SMILES string of the molecule is CN(CC(=O)Nc1ccc(S(=O)(=O)N(C)C)cc1)Cc1cccc(Cl)c1Cl. The molecule has 0 unspecified atom stereocenters. The van der Waals surface area contributed by atoms with E-state index in [4.69, 9.17) is 23.2 Å². The third kappa shape index (κ3) is 5.67. The number of carbonyl (C=O) groups excluding carboxylic acids is 1. The molecule has 0 fully saturated rings. The van der Waals surface area contributed by atoms with Crippen LogP contribution in [-0.4, -0.2) is 51.2 Å². The molecule has 0 bridgehead atoms. The zero-order valence-electron chi connectivity index (χ0n) is 15.2. The van der Waals surface area contributed by atoms with Crippen LogP contribution in [0.4, 0.5) is 5.69 Å². The molecule has 0 saturated carbocycles. The lowest BCUT2D eigenvalue weighted by atomic mass is 10.2. The molecular weight excluding hydrogens is 409 g/mol. The molecule has 0 spiro atoms. The molecule has 0 heterocycles. The molecule has 146 valence electrons. The van der Waals surface area contributed by atoms with Crippen LogP contribution in [0.15, 0.2) is 47.4 Å². The number of halogens is 2. The van der Waals surface area contributed by atoms with Crippen molar-refractivity contribution in [3.63, 3.8) is 0 Å². The van der Waals surface area contributed by atoms with Crippen LogP contribution in [0.5, 0.6) is 0 Å². The van der Waals surface area contributed by atoms with Crippen LogP contribution in [0.1, 0.15) is 5.56 Å². The Labute approximate surface area is 169 Å². The van der Waals surface area contributed by atoms with Crippen molar-refractivity contribution in [3.05, 3.63) is 58.1 Å². The fraction of sp³-hybridized carbons (Fsp3) is 0.278. The van der Waals surface area contributed by atoms with E-state index < -0.39 is 10.0 Å². The van der Waals surface area contributed by atoms with E-state index in [1.165, 1.54) is 26.2 Å². The second-order valence-electron chi connectivity index (χ2n) is 6.25. The van der Waals surface area contributed by atoms with E-state index in [2.05, 4.69) is 5.32 Å². The van der Waals surface area contributed by atoms with Gasteiger partial charge < -0.3 is 5.32 Å². The standard InChI is InChI=1S/C18H21Cl2N3O3S/c1-22(2)27(25,26)15-9-7-14(8-10-15)21-17(24)12-23(3)11-13-5-4-6-16(19)18(13)20/h4-10H,11-12H2,1-3H3,(H,21,24). The van der Waals surface area contributed by atoms with Crippen LogP contribution >= 0.6 is 23.2 Å². The highest BCUT2D eigenvalue weighted by Crippen LogP contribution is 2.26. The quantitative estimate of drug-likeness (QED) is 0.732. The van der Waals surface area contributed by atoms with E-state index in [9.17, 15) is 13.2 Å². The van der Waals surface area contributed by atoms with E-state index in [1.54, 1.807) is 36.2 Å². The van der Waals surface area contributed by atoms with E-state index in [0.29, 0.717) is 22.3 Å².